The van der Waals surface area contributed by atoms with Gasteiger partial charge in [-0.15, -0.1) is 10.2 Å². The standard InChI is InChI=1S/C25H27FN4O2S/c1-16(2)13-30-24(17(3)32-23-12-8-6-10-20(23)26)27-28-25(30)33-15-22(31)19-14-29(4)21-11-7-5-9-18(19)21/h5-12,14,16-17H,13,15H2,1-4H3. The predicted molar refractivity (Wildman–Crippen MR) is 128 cm³/mol. The van der Waals surface area contributed by atoms with Crippen LogP contribution in [0.25, 0.3) is 10.9 Å². The van der Waals surface area contributed by atoms with Crippen molar-refractivity contribution in [2.24, 2.45) is 13.0 Å². The molecule has 4 aromatic rings. The Labute approximate surface area is 196 Å². The minimum Gasteiger partial charge on any atom is -0.480 e. The van der Waals surface area contributed by atoms with Gasteiger partial charge in [0.15, 0.2) is 34.4 Å². The second-order valence-corrected chi connectivity index (χ2v) is 9.36. The van der Waals surface area contributed by atoms with E-state index in [2.05, 4.69) is 24.0 Å². The molecule has 0 aliphatic rings. The molecule has 2 aromatic carbocycles. The van der Waals surface area contributed by atoms with Crippen molar-refractivity contribution in [2.75, 3.05) is 5.75 Å². The summed E-state index contributed by atoms with van der Waals surface area (Å²) in [5.41, 5.74) is 1.72. The zero-order chi connectivity index (χ0) is 23.5. The number of aromatic nitrogens is 4. The smallest absolute Gasteiger partial charge is 0.191 e. The Morgan fingerprint density at radius 1 is 1.09 bits per heavy atom. The van der Waals surface area contributed by atoms with Crippen molar-refractivity contribution in [3.8, 4) is 5.75 Å². The van der Waals surface area contributed by atoms with Crippen molar-refractivity contribution in [2.45, 2.75) is 38.6 Å². The van der Waals surface area contributed by atoms with Crippen LogP contribution in [0.5, 0.6) is 5.75 Å². The Morgan fingerprint density at radius 3 is 2.58 bits per heavy atom. The number of ketones is 1. The Balaban J connectivity index is 1.54. The first-order valence-electron chi connectivity index (χ1n) is 10.9. The van der Waals surface area contributed by atoms with E-state index in [4.69, 9.17) is 4.74 Å². The van der Waals surface area contributed by atoms with Gasteiger partial charge in [-0.05, 0) is 31.0 Å². The molecule has 0 bridgehead atoms. The molecule has 0 fully saturated rings. The van der Waals surface area contributed by atoms with Crippen LogP contribution in [0.3, 0.4) is 0 Å². The summed E-state index contributed by atoms with van der Waals surface area (Å²) in [7, 11) is 1.94. The molecule has 0 saturated heterocycles. The van der Waals surface area contributed by atoms with Crippen LogP contribution in [-0.2, 0) is 13.6 Å². The molecule has 33 heavy (non-hydrogen) atoms. The Hall–Kier alpha value is -3.13. The molecule has 2 heterocycles. The average molecular weight is 467 g/mol. The third-order valence-corrected chi connectivity index (χ3v) is 6.29. The molecular formula is C25H27FN4O2S. The third-order valence-electron chi connectivity index (χ3n) is 5.33. The lowest BCUT2D eigenvalue weighted by atomic mass is 10.1. The number of Topliss-reactive ketones (excluding diaryl/α,β-unsaturated/α-hetero) is 1. The molecule has 0 aliphatic carbocycles. The third kappa shape index (κ3) is 4.95. The molecule has 0 spiro atoms. The Bertz CT molecular complexity index is 1280. The lowest BCUT2D eigenvalue weighted by Crippen LogP contribution is -2.16. The molecule has 0 N–H and O–H groups in total. The molecule has 172 valence electrons. The summed E-state index contributed by atoms with van der Waals surface area (Å²) in [6.07, 6.45) is 1.37. The quantitative estimate of drug-likeness (QED) is 0.235. The van der Waals surface area contributed by atoms with E-state index < -0.39 is 11.9 Å². The first-order valence-corrected chi connectivity index (χ1v) is 11.9. The number of hydrogen-bond acceptors (Lipinski definition) is 5. The van der Waals surface area contributed by atoms with Gasteiger partial charge in [0, 0.05) is 36.3 Å². The van der Waals surface area contributed by atoms with E-state index in [0.29, 0.717) is 29.0 Å². The number of benzene rings is 2. The lowest BCUT2D eigenvalue weighted by Gasteiger charge is -2.18. The fourth-order valence-electron chi connectivity index (χ4n) is 3.80. The molecule has 0 amide bonds. The van der Waals surface area contributed by atoms with Crippen LogP contribution < -0.4 is 4.74 Å². The van der Waals surface area contributed by atoms with E-state index in [9.17, 15) is 9.18 Å². The van der Waals surface area contributed by atoms with Crippen molar-refractivity contribution in [1.82, 2.24) is 19.3 Å². The molecule has 8 heteroatoms. The predicted octanol–water partition coefficient (Wildman–Crippen LogP) is 5.68. The van der Waals surface area contributed by atoms with Gasteiger partial charge in [0.2, 0.25) is 0 Å². The summed E-state index contributed by atoms with van der Waals surface area (Å²) in [5, 5.41) is 10.3. The maximum Gasteiger partial charge on any atom is 0.191 e. The number of rotatable bonds is 9. The molecule has 2 aromatic heterocycles. The van der Waals surface area contributed by atoms with Crippen molar-refractivity contribution in [1.29, 1.82) is 0 Å². The normalized spacial score (nSPS) is 12.4. The maximum absolute atomic E-state index is 14.1. The Morgan fingerprint density at radius 2 is 1.82 bits per heavy atom. The van der Waals surface area contributed by atoms with E-state index >= 15 is 0 Å². The number of halogens is 1. The van der Waals surface area contributed by atoms with Gasteiger partial charge in [-0.2, -0.15) is 0 Å². The number of nitrogens with zero attached hydrogens (tertiary/aromatic N) is 4. The number of aryl methyl sites for hydroxylation is 1. The SMILES string of the molecule is CC(C)Cn1c(SCC(=O)c2cn(C)c3ccccc23)nnc1C(C)Oc1ccccc1F. The van der Waals surface area contributed by atoms with Crippen LogP contribution in [0.2, 0.25) is 0 Å². The van der Waals surface area contributed by atoms with Gasteiger partial charge >= 0.3 is 0 Å². The van der Waals surface area contributed by atoms with Crippen molar-refractivity contribution < 1.29 is 13.9 Å². The summed E-state index contributed by atoms with van der Waals surface area (Å²) >= 11 is 1.36. The second kappa shape index (κ2) is 9.79. The molecule has 4 rings (SSSR count). The van der Waals surface area contributed by atoms with Gasteiger partial charge in [-0.1, -0.05) is 55.9 Å². The highest BCUT2D eigenvalue weighted by atomic mass is 32.2. The zero-order valence-electron chi connectivity index (χ0n) is 19.2. The molecule has 0 radical (unpaired) electrons. The van der Waals surface area contributed by atoms with Crippen molar-refractivity contribution >= 4 is 28.4 Å². The largest absolute Gasteiger partial charge is 0.480 e. The van der Waals surface area contributed by atoms with Crippen LogP contribution in [0.4, 0.5) is 4.39 Å². The first-order chi connectivity index (χ1) is 15.8. The van der Waals surface area contributed by atoms with Crippen molar-refractivity contribution in [3.63, 3.8) is 0 Å². The topological polar surface area (TPSA) is 61.9 Å². The number of hydrogen-bond donors (Lipinski definition) is 0. The number of carbonyl (C=O) groups is 1. The van der Waals surface area contributed by atoms with Crippen LogP contribution >= 0.6 is 11.8 Å². The van der Waals surface area contributed by atoms with E-state index in [1.807, 2.05) is 53.6 Å². The van der Waals surface area contributed by atoms with Gasteiger partial charge in [0.25, 0.3) is 0 Å². The fraction of sp³-hybridized carbons (Fsp3) is 0.320. The molecule has 1 unspecified atom stereocenters. The van der Waals surface area contributed by atoms with E-state index in [-0.39, 0.29) is 17.3 Å². The van der Waals surface area contributed by atoms with Crippen LogP contribution in [0.15, 0.2) is 59.9 Å². The van der Waals surface area contributed by atoms with Crippen molar-refractivity contribution in [3.05, 3.63) is 71.9 Å². The average Bonchev–Trinajstić information content (AvgIpc) is 3.34. The molecule has 1 atom stereocenters. The van der Waals surface area contributed by atoms with Gasteiger partial charge in [-0.25, -0.2) is 4.39 Å². The van der Waals surface area contributed by atoms with Gasteiger partial charge in [0.1, 0.15) is 0 Å². The lowest BCUT2D eigenvalue weighted by molar-refractivity contribution is 0.102. The number of para-hydroxylation sites is 2. The maximum atomic E-state index is 14.1. The zero-order valence-corrected chi connectivity index (χ0v) is 20.0. The van der Waals surface area contributed by atoms with E-state index in [1.54, 1.807) is 18.2 Å². The van der Waals surface area contributed by atoms with Crippen LogP contribution in [0.1, 0.15) is 43.1 Å². The minimum absolute atomic E-state index is 0.0353. The highest BCUT2D eigenvalue weighted by molar-refractivity contribution is 7.99. The van der Waals surface area contributed by atoms with Gasteiger partial charge in [-0.3, -0.25) is 4.79 Å². The Kier molecular flexibility index (Phi) is 6.83. The van der Waals surface area contributed by atoms with Gasteiger partial charge < -0.3 is 13.9 Å². The molecule has 6 nitrogen and oxygen atoms in total. The first kappa shape index (κ1) is 23.0. The summed E-state index contributed by atoms with van der Waals surface area (Å²) < 4.78 is 23.8. The van der Waals surface area contributed by atoms with Crippen LogP contribution in [-0.4, -0.2) is 30.9 Å². The highest BCUT2D eigenvalue weighted by Gasteiger charge is 2.22. The number of carbonyl (C=O) groups excluding carboxylic acids is 1. The number of thioether (sulfide) groups is 1. The van der Waals surface area contributed by atoms with Gasteiger partial charge in [0.05, 0.1) is 5.75 Å². The number of fused-ring (bicyclic) bond motifs is 1. The van der Waals surface area contributed by atoms with E-state index in [1.165, 1.54) is 17.8 Å². The van der Waals surface area contributed by atoms with Crippen LogP contribution in [0, 0.1) is 11.7 Å². The summed E-state index contributed by atoms with van der Waals surface area (Å²) in [4.78, 5) is 13.0. The molecular weight excluding hydrogens is 439 g/mol. The monoisotopic (exact) mass is 466 g/mol. The van der Waals surface area contributed by atoms with E-state index in [0.717, 1.165) is 10.9 Å². The molecule has 0 saturated carbocycles. The highest BCUT2D eigenvalue weighted by Crippen LogP contribution is 2.28. The fourth-order valence-corrected chi connectivity index (χ4v) is 4.64. The molecule has 0 aliphatic heterocycles. The number of ether oxygens (including phenoxy) is 1. The second-order valence-electron chi connectivity index (χ2n) is 8.42. The summed E-state index contributed by atoms with van der Waals surface area (Å²) in [6, 6.07) is 14.2. The summed E-state index contributed by atoms with van der Waals surface area (Å²) in [5.74, 6) is 0.958. The summed E-state index contributed by atoms with van der Waals surface area (Å²) in [6.45, 7) is 6.69. The minimum atomic E-state index is -0.503.